The Labute approximate surface area is 73.7 Å². The number of aromatic nitrogens is 2. The fourth-order valence-corrected chi connectivity index (χ4v) is 1.47. The van der Waals surface area contributed by atoms with Crippen molar-refractivity contribution in [3.8, 4) is 0 Å². The van der Waals surface area contributed by atoms with Crippen LogP contribution in [0.1, 0.15) is 5.69 Å². The SMILES string of the molecule is Cn1nc(Cl)c(Cl)c1CCl. The molecule has 0 atom stereocenters. The van der Waals surface area contributed by atoms with Gasteiger partial charge in [-0.2, -0.15) is 5.10 Å². The highest BCUT2D eigenvalue weighted by atomic mass is 35.5. The van der Waals surface area contributed by atoms with Gasteiger partial charge in [0, 0.05) is 7.05 Å². The molecule has 0 amide bonds. The minimum absolute atomic E-state index is 0.305. The van der Waals surface area contributed by atoms with Crippen molar-refractivity contribution in [2.24, 2.45) is 7.05 Å². The van der Waals surface area contributed by atoms with Gasteiger partial charge < -0.3 is 0 Å². The van der Waals surface area contributed by atoms with Crippen LogP contribution in [0.25, 0.3) is 0 Å². The van der Waals surface area contributed by atoms with E-state index in [1.807, 2.05) is 0 Å². The van der Waals surface area contributed by atoms with Crippen molar-refractivity contribution in [1.29, 1.82) is 0 Å². The predicted octanol–water partition coefficient (Wildman–Crippen LogP) is 2.47. The summed E-state index contributed by atoms with van der Waals surface area (Å²) in [4.78, 5) is 0. The molecule has 5 heteroatoms. The van der Waals surface area contributed by atoms with Gasteiger partial charge >= 0.3 is 0 Å². The van der Waals surface area contributed by atoms with Gasteiger partial charge in [-0.1, -0.05) is 23.2 Å². The highest BCUT2D eigenvalue weighted by molar-refractivity contribution is 6.42. The zero-order valence-corrected chi connectivity index (χ0v) is 7.50. The third-order valence-electron chi connectivity index (χ3n) is 1.19. The Morgan fingerprint density at radius 2 is 2.10 bits per heavy atom. The number of rotatable bonds is 1. The van der Waals surface area contributed by atoms with Crippen molar-refractivity contribution >= 4 is 34.8 Å². The Balaban J connectivity index is 3.20. The summed E-state index contributed by atoms with van der Waals surface area (Å²) >= 11 is 16.9. The summed E-state index contributed by atoms with van der Waals surface area (Å²) in [6.07, 6.45) is 0. The first kappa shape index (κ1) is 8.18. The van der Waals surface area contributed by atoms with Gasteiger partial charge in [-0.25, -0.2) is 0 Å². The van der Waals surface area contributed by atoms with Gasteiger partial charge in [0.05, 0.1) is 11.6 Å². The maximum absolute atomic E-state index is 5.71. The van der Waals surface area contributed by atoms with Crippen LogP contribution in [-0.2, 0) is 12.9 Å². The van der Waals surface area contributed by atoms with Gasteiger partial charge in [0.1, 0.15) is 5.02 Å². The third-order valence-corrected chi connectivity index (χ3v) is 2.20. The van der Waals surface area contributed by atoms with E-state index in [2.05, 4.69) is 5.10 Å². The fraction of sp³-hybridized carbons (Fsp3) is 0.400. The molecule has 0 unspecified atom stereocenters. The van der Waals surface area contributed by atoms with E-state index in [4.69, 9.17) is 34.8 Å². The van der Waals surface area contributed by atoms with Gasteiger partial charge in [0.2, 0.25) is 0 Å². The van der Waals surface area contributed by atoms with Crippen molar-refractivity contribution in [3.63, 3.8) is 0 Å². The second-order valence-corrected chi connectivity index (χ2v) is 2.81. The minimum Gasteiger partial charge on any atom is -0.268 e. The Hall–Kier alpha value is 0.0800. The molecule has 0 saturated heterocycles. The Kier molecular flexibility index (Phi) is 2.45. The maximum atomic E-state index is 5.71. The molecular formula is C5H5Cl3N2. The van der Waals surface area contributed by atoms with Crippen LogP contribution in [0, 0.1) is 0 Å². The standard InChI is InChI=1S/C5H5Cl3N2/c1-10-3(2-6)4(7)5(8)9-10/h2H2,1H3. The molecule has 1 aromatic heterocycles. The highest BCUT2D eigenvalue weighted by Crippen LogP contribution is 2.25. The Morgan fingerprint density at radius 1 is 1.50 bits per heavy atom. The first-order valence-electron chi connectivity index (χ1n) is 2.59. The van der Waals surface area contributed by atoms with Gasteiger partial charge in [-0.05, 0) is 0 Å². The zero-order chi connectivity index (χ0) is 7.72. The van der Waals surface area contributed by atoms with E-state index in [-0.39, 0.29) is 0 Å². The lowest BCUT2D eigenvalue weighted by atomic mass is 10.5. The second-order valence-electron chi connectivity index (χ2n) is 1.81. The Bertz CT molecular complexity index is 243. The lowest BCUT2D eigenvalue weighted by Crippen LogP contribution is -1.94. The monoisotopic (exact) mass is 198 g/mol. The summed E-state index contributed by atoms with van der Waals surface area (Å²) in [6.45, 7) is 0. The lowest BCUT2D eigenvalue weighted by Gasteiger charge is -1.93. The van der Waals surface area contributed by atoms with E-state index < -0.39 is 0 Å². The number of nitrogens with zero attached hydrogens (tertiary/aromatic N) is 2. The number of hydrogen-bond donors (Lipinski definition) is 0. The summed E-state index contributed by atoms with van der Waals surface area (Å²) in [5.74, 6) is 0.328. The summed E-state index contributed by atoms with van der Waals surface area (Å²) in [7, 11) is 1.75. The number of halogens is 3. The van der Waals surface area contributed by atoms with E-state index in [0.29, 0.717) is 16.1 Å². The Morgan fingerprint density at radius 3 is 2.30 bits per heavy atom. The normalized spacial score (nSPS) is 10.4. The minimum atomic E-state index is 0.305. The summed E-state index contributed by atoms with van der Waals surface area (Å²) in [6, 6.07) is 0. The van der Waals surface area contributed by atoms with Gasteiger partial charge in [-0.3, -0.25) is 4.68 Å². The second kappa shape index (κ2) is 2.99. The molecule has 0 radical (unpaired) electrons. The molecule has 0 aliphatic heterocycles. The molecule has 2 nitrogen and oxygen atoms in total. The van der Waals surface area contributed by atoms with Crippen LogP contribution in [0.4, 0.5) is 0 Å². The molecule has 1 aromatic rings. The molecule has 0 fully saturated rings. The van der Waals surface area contributed by atoms with Crippen LogP contribution in [0.3, 0.4) is 0 Å². The molecule has 0 N–H and O–H groups in total. The number of alkyl halides is 1. The molecule has 1 rings (SSSR count). The smallest absolute Gasteiger partial charge is 0.169 e. The van der Waals surface area contributed by atoms with E-state index >= 15 is 0 Å². The van der Waals surface area contributed by atoms with Crippen molar-refractivity contribution in [3.05, 3.63) is 15.9 Å². The molecule has 0 aromatic carbocycles. The molecule has 0 aliphatic carbocycles. The fourth-order valence-electron chi connectivity index (χ4n) is 0.642. The number of hydrogen-bond acceptors (Lipinski definition) is 1. The molecule has 0 aliphatic rings. The quantitative estimate of drug-likeness (QED) is 0.636. The van der Waals surface area contributed by atoms with Crippen LogP contribution < -0.4 is 0 Å². The average Bonchev–Trinajstić information content (AvgIpc) is 2.09. The maximum Gasteiger partial charge on any atom is 0.169 e. The number of aryl methyl sites for hydroxylation is 1. The van der Waals surface area contributed by atoms with Crippen LogP contribution in [0.15, 0.2) is 0 Å². The van der Waals surface area contributed by atoms with Gasteiger partial charge in [0.25, 0.3) is 0 Å². The summed E-state index contributed by atoms with van der Waals surface area (Å²) in [5, 5.41) is 4.60. The topological polar surface area (TPSA) is 17.8 Å². The van der Waals surface area contributed by atoms with Crippen molar-refractivity contribution in [2.45, 2.75) is 5.88 Å². The van der Waals surface area contributed by atoms with Crippen molar-refractivity contribution in [1.82, 2.24) is 9.78 Å². The van der Waals surface area contributed by atoms with Crippen molar-refractivity contribution in [2.75, 3.05) is 0 Å². The van der Waals surface area contributed by atoms with Gasteiger partial charge in [-0.15, -0.1) is 11.6 Å². The first-order valence-corrected chi connectivity index (χ1v) is 3.88. The zero-order valence-electron chi connectivity index (χ0n) is 5.24. The van der Waals surface area contributed by atoms with E-state index in [1.165, 1.54) is 0 Å². The van der Waals surface area contributed by atoms with Crippen molar-refractivity contribution < 1.29 is 0 Å². The molecule has 0 bridgehead atoms. The third kappa shape index (κ3) is 1.24. The lowest BCUT2D eigenvalue weighted by molar-refractivity contribution is 0.735. The highest BCUT2D eigenvalue weighted by Gasteiger charge is 2.10. The molecular weight excluding hydrogens is 194 g/mol. The van der Waals surface area contributed by atoms with Crippen LogP contribution >= 0.6 is 34.8 Å². The van der Waals surface area contributed by atoms with E-state index in [9.17, 15) is 0 Å². The summed E-state index contributed by atoms with van der Waals surface area (Å²) < 4.78 is 1.57. The average molecular weight is 199 g/mol. The molecule has 10 heavy (non-hydrogen) atoms. The van der Waals surface area contributed by atoms with Crippen LogP contribution in [-0.4, -0.2) is 9.78 Å². The van der Waals surface area contributed by atoms with Crippen LogP contribution in [0.2, 0.25) is 10.2 Å². The largest absolute Gasteiger partial charge is 0.268 e. The molecule has 1 heterocycles. The van der Waals surface area contributed by atoms with E-state index in [0.717, 1.165) is 5.69 Å². The first-order chi connectivity index (χ1) is 4.66. The van der Waals surface area contributed by atoms with Crippen LogP contribution in [0.5, 0.6) is 0 Å². The molecule has 0 spiro atoms. The molecule has 0 saturated carbocycles. The predicted molar refractivity (Wildman–Crippen MR) is 42.8 cm³/mol. The molecule has 56 valence electrons. The van der Waals surface area contributed by atoms with Gasteiger partial charge in [0.15, 0.2) is 5.15 Å². The summed E-state index contributed by atoms with van der Waals surface area (Å²) in [5.41, 5.74) is 0.744. The van der Waals surface area contributed by atoms with E-state index in [1.54, 1.807) is 11.7 Å².